The Morgan fingerprint density at radius 2 is 2.13 bits per heavy atom. The zero-order chi connectivity index (χ0) is 16.7. The van der Waals surface area contributed by atoms with Gasteiger partial charge in [0, 0.05) is 39.1 Å². The lowest BCUT2D eigenvalue weighted by Crippen LogP contribution is -2.38. The Bertz CT molecular complexity index is 647. The highest BCUT2D eigenvalue weighted by Crippen LogP contribution is 2.10. The zero-order valence-corrected chi connectivity index (χ0v) is 14.1. The summed E-state index contributed by atoms with van der Waals surface area (Å²) in [5.74, 6) is 1.56. The molecule has 23 heavy (non-hydrogen) atoms. The molecule has 0 aromatic carbocycles. The fraction of sp³-hybridized carbons (Fsp3) is 0.438. The molecule has 2 rings (SSSR count). The first-order valence-corrected chi connectivity index (χ1v) is 7.56. The fourth-order valence-corrected chi connectivity index (χ4v) is 2.19. The lowest BCUT2D eigenvalue weighted by molar-refractivity contribution is 0.203. The highest BCUT2D eigenvalue weighted by molar-refractivity contribution is 5.79. The van der Waals surface area contributed by atoms with Crippen molar-refractivity contribution in [3.05, 3.63) is 41.3 Å². The number of ether oxygens (including phenoxy) is 1. The van der Waals surface area contributed by atoms with Crippen molar-refractivity contribution in [3.63, 3.8) is 0 Å². The Labute approximate surface area is 136 Å². The van der Waals surface area contributed by atoms with Gasteiger partial charge in [0.2, 0.25) is 0 Å². The summed E-state index contributed by atoms with van der Waals surface area (Å²) in [7, 11) is 3.42. The topological polar surface area (TPSA) is 76.4 Å². The fourth-order valence-electron chi connectivity index (χ4n) is 2.19. The lowest BCUT2D eigenvalue weighted by Gasteiger charge is -2.11. The number of hydrogen-bond donors (Lipinski definition) is 2. The molecule has 0 spiro atoms. The third-order valence-electron chi connectivity index (χ3n) is 3.32. The van der Waals surface area contributed by atoms with E-state index in [1.54, 1.807) is 14.2 Å². The van der Waals surface area contributed by atoms with Crippen LogP contribution in [0.2, 0.25) is 0 Å². The molecule has 0 aliphatic carbocycles. The number of methoxy groups -OCH3 is 1. The third kappa shape index (κ3) is 4.79. The minimum absolute atomic E-state index is 0.638. The summed E-state index contributed by atoms with van der Waals surface area (Å²) < 4.78 is 6.85. The molecule has 0 aliphatic heterocycles. The van der Waals surface area contributed by atoms with Crippen molar-refractivity contribution in [1.82, 2.24) is 25.4 Å². The van der Waals surface area contributed by atoms with Crippen molar-refractivity contribution < 1.29 is 4.74 Å². The van der Waals surface area contributed by atoms with Crippen LogP contribution in [0.1, 0.15) is 17.0 Å². The van der Waals surface area contributed by atoms with E-state index >= 15 is 0 Å². The molecule has 0 amide bonds. The molecular weight excluding hydrogens is 292 g/mol. The lowest BCUT2D eigenvalue weighted by atomic mass is 10.3. The van der Waals surface area contributed by atoms with Crippen molar-refractivity contribution in [3.8, 4) is 5.82 Å². The van der Waals surface area contributed by atoms with Gasteiger partial charge in [0.25, 0.3) is 0 Å². The molecule has 0 bridgehead atoms. The van der Waals surface area contributed by atoms with Gasteiger partial charge in [-0.15, -0.1) is 0 Å². The molecule has 124 valence electrons. The summed E-state index contributed by atoms with van der Waals surface area (Å²) in [6.07, 6.45) is 1.85. The van der Waals surface area contributed by atoms with E-state index in [9.17, 15) is 0 Å². The van der Waals surface area contributed by atoms with E-state index in [4.69, 9.17) is 4.74 Å². The zero-order valence-electron chi connectivity index (χ0n) is 14.1. The quantitative estimate of drug-likeness (QED) is 0.476. The van der Waals surface area contributed by atoms with Gasteiger partial charge in [-0.2, -0.15) is 5.10 Å². The second-order valence-electron chi connectivity index (χ2n) is 5.21. The van der Waals surface area contributed by atoms with Crippen molar-refractivity contribution in [2.75, 3.05) is 27.3 Å². The maximum Gasteiger partial charge on any atom is 0.191 e. The van der Waals surface area contributed by atoms with E-state index in [0.717, 1.165) is 28.7 Å². The summed E-state index contributed by atoms with van der Waals surface area (Å²) in [6, 6.07) is 6.04. The minimum Gasteiger partial charge on any atom is -0.383 e. The van der Waals surface area contributed by atoms with E-state index in [-0.39, 0.29) is 0 Å². The van der Waals surface area contributed by atoms with Crippen LogP contribution in [0.25, 0.3) is 5.82 Å². The highest BCUT2D eigenvalue weighted by Gasteiger charge is 2.05. The number of pyridine rings is 1. The molecule has 0 saturated carbocycles. The molecule has 2 aromatic rings. The average molecular weight is 316 g/mol. The number of nitrogens with one attached hydrogen (secondary N) is 2. The predicted octanol–water partition coefficient (Wildman–Crippen LogP) is 1.20. The van der Waals surface area contributed by atoms with Gasteiger partial charge in [0.1, 0.15) is 0 Å². The van der Waals surface area contributed by atoms with Crippen LogP contribution in [0, 0.1) is 13.8 Å². The molecular formula is C16H24N6O. The first-order chi connectivity index (χ1) is 11.1. The van der Waals surface area contributed by atoms with E-state index in [2.05, 4.69) is 25.7 Å². The highest BCUT2D eigenvalue weighted by atomic mass is 16.5. The standard InChI is InChI=1S/C16H24N6O/c1-12-9-13(2)22(21-12)15-6-5-14(10-19-15)11-20-16(17-3)18-7-8-23-4/h5-6,9-10H,7-8,11H2,1-4H3,(H2,17,18,20). The number of aromatic nitrogens is 3. The number of guanidine groups is 1. The van der Waals surface area contributed by atoms with Crippen molar-refractivity contribution in [1.29, 1.82) is 0 Å². The van der Waals surface area contributed by atoms with Gasteiger partial charge in [-0.25, -0.2) is 9.67 Å². The molecule has 2 N–H and O–H groups in total. The van der Waals surface area contributed by atoms with E-state index < -0.39 is 0 Å². The Balaban J connectivity index is 1.93. The largest absolute Gasteiger partial charge is 0.383 e. The maximum atomic E-state index is 5.00. The van der Waals surface area contributed by atoms with Crippen molar-refractivity contribution >= 4 is 5.96 Å². The molecule has 0 radical (unpaired) electrons. The van der Waals surface area contributed by atoms with Gasteiger partial charge >= 0.3 is 0 Å². The van der Waals surface area contributed by atoms with Crippen molar-refractivity contribution in [2.24, 2.45) is 4.99 Å². The first-order valence-electron chi connectivity index (χ1n) is 7.56. The van der Waals surface area contributed by atoms with Gasteiger partial charge in [0.05, 0.1) is 12.3 Å². The minimum atomic E-state index is 0.638. The van der Waals surface area contributed by atoms with Gasteiger partial charge in [-0.1, -0.05) is 6.07 Å². The first kappa shape index (κ1) is 17.0. The predicted molar refractivity (Wildman–Crippen MR) is 90.9 cm³/mol. The molecule has 7 heteroatoms. The molecule has 0 aliphatic rings. The Hall–Kier alpha value is -2.41. The number of aryl methyl sites for hydroxylation is 2. The molecule has 0 saturated heterocycles. The van der Waals surface area contributed by atoms with Crippen molar-refractivity contribution in [2.45, 2.75) is 20.4 Å². The van der Waals surface area contributed by atoms with Crippen LogP contribution in [0.3, 0.4) is 0 Å². The van der Waals surface area contributed by atoms with Gasteiger partial charge < -0.3 is 15.4 Å². The Morgan fingerprint density at radius 1 is 1.30 bits per heavy atom. The Morgan fingerprint density at radius 3 is 2.70 bits per heavy atom. The number of rotatable bonds is 6. The molecule has 0 unspecified atom stereocenters. The van der Waals surface area contributed by atoms with Crippen LogP contribution in [0.4, 0.5) is 0 Å². The van der Waals surface area contributed by atoms with Gasteiger partial charge in [-0.3, -0.25) is 4.99 Å². The van der Waals surface area contributed by atoms with Crippen LogP contribution in [-0.2, 0) is 11.3 Å². The average Bonchev–Trinajstić information content (AvgIpc) is 2.90. The summed E-state index contributed by atoms with van der Waals surface area (Å²) in [4.78, 5) is 8.64. The van der Waals surface area contributed by atoms with Crippen LogP contribution in [-0.4, -0.2) is 48.0 Å². The second kappa shape index (κ2) is 8.28. The molecule has 0 atom stereocenters. The van der Waals surface area contributed by atoms with E-state index in [1.165, 1.54) is 0 Å². The second-order valence-corrected chi connectivity index (χ2v) is 5.21. The van der Waals surface area contributed by atoms with Crippen LogP contribution < -0.4 is 10.6 Å². The van der Waals surface area contributed by atoms with Gasteiger partial charge in [0.15, 0.2) is 11.8 Å². The molecule has 2 aromatic heterocycles. The smallest absolute Gasteiger partial charge is 0.191 e. The number of hydrogen-bond acceptors (Lipinski definition) is 4. The SMILES string of the molecule is CN=C(NCCOC)NCc1ccc(-n2nc(C)cc2C)nc1. The van der Waals surface area contributed by atoms with Crippen LogP contribution in [0.15, 0.2) is 29.4 Å². The number of nitrogens with zero attached hydrogens (tertiary/aromatic N) is 4. The molecule has 7 nitrogen and oxygen atoms in total. The van der Waals surface area contributed by atoms with E-state index in [1.807, 2.05) is 42.9 Å². The Kier molecular flexibility index (Phi) is 6.10. The summed E-state index contributed by atoms with van der Waals surface area (Å²) in [5, 5.41) is 10.8. The van der Waals surface area contributed by atoms with E-state index in [0.29, 0.717) is 19.7 Å². The number of aliphatic imine (C=N–C) groups is 1. The summed E-state index contributed by atoms with van der Waals surface area (Å²) in [6.45, 7) is 6.00. The summed E-state index contributed by atoms with van der Waals surface area (Å²) >= 11 is 0. The molecule has 0 fully saturated rings. The maximum absolute atomic E-state index is 5.00. The van der Waals surface area contributed by atoms with Crippen LogP contribution >= 0.6 is 0 Å². The van der Waals surface area contributed by atoms with Gasteiger partial charge in [-0.05, 0) is 31.5 Å². The third-order valence-corrected chi connectivity index (χ3v) is 3.32. The monoisotopic (exact) mass is 316 g/mol. The summed E-state index contributed by atoms with van der Waals surface area (Å²) in [5.41, 5.74) is 3.13. The van der Waals surface area contributed by atoms with Crippen LogP contribution in [0.5, 0.6) is 0 Å². The molecule has 2 heterocycles. The normalized spacial score (nSPS) is 11.6.